The third kappa shape index (κ3) is 3.43. The maximum atomic E-state index is 9.35. The first-order valence-electron chi connectivity index (χ1n) is 6.37. The molecule has 0 aromatic carbocycles. The summed E-state index contributed by atoms with van der Waals surface area (Å²) in [6, 6.07) is 2.52. The van der Waals surface area contributed by atoms with Gasteiger partial charge in [-0.3, -0.25) is 4.68 Å². The fourth-order valence-electron chi connectivity index (χ4n) is 1.94. The summed E-state index contributed by atoms with van der Waals surface area (Å²) in [4.78, 5) is 0. The second-order valence-corrected chi connectivity index (χ2v) is 4.95. The van der Waals surface area contributed by atoms with Crippen LogP contribution in [0.1, 0.15) is 45.3 Å². The topological polar surface area (TPSA) is 38.0 Å². The first-order valence-corrected chi connectivity index (χ1v) is 6.37. The third-order valence-electron chi connectivity index (χ3n) is 3.42. The van der Waals surface area contributed by atoms with E-state index in [-0.39, 0.29) is 12.0 Å². The number of aromatic nitrogens is 2. The molecule has 0 aliphatic carbocycles. The smallest absolute Gasteiger partial charge is 0.0634 e. The van der Waals surface area contributed by atoms with Crippen molar-refractivity contribution < 1.29 is 5.11 Å². The van der Waals surface area contributed by atoms with Crippen molar-refractivity contribution in [3.8, 4) is 0 Å². The molecule has 0 saturated heterocycles. The van der Waals surface area contributed by atoms with Crippen LogP contribution in [0.15, 0.2) is 24.9 Å². The Morgan fingerprint density at radius 2 is 2.18 bits per heavy atom. The molecule has 1 atom stereocenters. The highest BCUT2D eigenvalue weighted by Crippen LogP contribution is 2.23. The molecule has 1 aromatic heterocycles. The van der Waals surface area contributed by atoms with Gasteiger partial charge in [0.2, 0.25) is 0 Å². The fraction of sp³-hybridized carbons (Fsp3) is 0.643. The Morgan fingerprint density at radius 1 is 1.53 bits per heavy atom. The molecule has 1 aromatic rings. The van der Waals surface area contributed by atoms with Crippen LogP contribution in [0.3, 0.4) is 0 Å². The molecule has 1 N–H and O–H groups in total. The van der Waals surface area contributed by atoms with Crippen LogP contribution in [0.2, 0.25) is 0 Å². The minimum Gasteiger partial charge on any atom is -0.395 e. The molecule has 3 heteroatoms. The van der Waals surface area contributed by atoms with Crippen LogP contribution in [0, 0.1) is 5.41 Å². The number of hydrogen-bond acceptors (Lipinski definition) is 2. The van der Waals surface area contributed by atoms with E-state index in [2.05, 4.69) is 25.5 Å². The van der Waals surface area contributed by atoms with E-state index in [1.165, 1.54) is 0 Å². The maximum Gasteiger partial charge on any atom is 0.0634 e. The van der Waals surface area contributed by atoms with E-state index < -0.39 is 0 Å². The van der Waals surface area contributed by atoms with Gasteiger partial charge in [-0.25, -0.2) is 0 Å². The highest BCUT2D eigenvalue weighted by molar-refractivity contribution is 5.07. The Labute approximate surface area is 104 Å². The van der Waals surface area contributed by atoms with E-state index in [0.717, 1.165) is 25.0 Å². The molecular weight excluding hydrogens is 212 g/mol. The Hall–Kier alpha value is -1.09. The second kappa shape index (κ2) is 6.01. The third-order valence-corrected chi connectivity index (χ3v) is 3.42. The number of rotatable bonds is 7. The Morgan fingerprint density at radius 3 is 2.65 bits per heavy atom. The van der Waals surface area contributed by atoms with Crippen LogP contribution in [-0.4, -0.2) is 21.5 Å². The van der Waals surface area contributed by atoms with Crippen LogP contribution in [0.5, 0.6) is 0 Å². The molecule has 17 heavy (non-hydrogen) atoms. The van der Waals surface area contributed by atoms with Gasteiger partial charge in [0, 0.05) is 18.0 Å². The van der Waals surface area contributed by atoms with Crippen molar-refractivity contribution in [2.24, 2.45) is 5.41 Å². The van der Waals surface area contributed by atoms with Crippen LogP contribution in [-0.2, 0) is 6.42 Å². The molecule has 1 heterocycles. The summed E-state index contributed by atoms with van der Waals surface area (Å²) in [6.45, 7) is 10.2. The molecular formula is C14H24N2O. The van der Waals surface area contributed by atoms with Gasteiger partial charge >= 0.3 is 0 Å². The minimum absolute atomic E-state index is 0.106. The summed E-state index contributed by atoms with van der Waals surface area (Å²) in [5.74, 6) is 0. The summed E-state index contributed by atoms with van der Waals surface area (Å²) in [5, 5.41) is 13.9. The molecule has 1 unspecified atom stereocenters. The summed E-state index contributed by atoms with van der Waals surface area (Å²) in [6.07, 6.45) is 6.77. The number of nitrogens with zero attached hydrogens (tertiary/aromatic N) is 2. The lowest BCUT2D eigenvalue weighted by Crippen LogP contribution is -2.21. The molecule has 96 valence electrons. The van der Waals surface area contributed by atoms with Crippen LogP contribution in [0.4, 0.5) is 0 Å². The monoisotopic (exact) mass is 236 g/mol. The second-order valence-electron chi connectivity index (χ2n) is 4.95. The van der Waals surface area contributed by atoms with Crippen LogP contribution < -0.4 is 0 Å². The minimum atomic E-state index is -0.271. The summed E-state index contributed by atoms with van der Waals surface area (Å²) in [7, 11) is 0. The summed E-state index contributed by atoms with van der Waals surface area (Å²) >= 11 is 0. The number of aliphatic hydroxyl groups is 1. The fourth-order valence-corrected chi connectivity index (χ4v) is 1.94. The van der Waals surface area contributed by atoms with Gasteiger partial charge in [0.05, 0.1) is 18.3 Å². The molecule has 0 fully saturated rings. The lowest BCUT2D eigenvalue weighted by atomic mass is 9.87. The molecule has 0 bridgehead atoms. The van der Waals surface area contributed by atoms with Crippen molar-refractivity contribution in [2.75, 3.05) is 6.61 Å². The first kappa shape index (κ1) is 14.0. The zero-order chi connectivity index (χ0) is 12.9. The van der Waals surface area contributed by atoms with Crippen LogP contribution in [0.25, 0.3) is 0 Å². The molecule has 0 saturated carbocycles. The van der Waals surface area contributed by atoms with Gasteiger partial charge < -0.3 is 5.11 Å². The standard InChI is InChI=1S/C14H24N2O/c1-5-13(6-2)16-9-8-12(15-16)10-14(4,7-3)11-17/h7-9,13,17H,3,5-6,10-11H2,1-2,4H3. The van der Waals surface area contributed by atoms with Gasteiger partial charge in [-0.15, -0.1) is 6.58 Å². The molecule has 3 nitrogen and oxygen atoms in total. The first-order chi connectivity index (χ1) is 8.08. The zero-order valence-electron chi connectivity index (χ0n) is 11.2. The highest BCUT2D eigenvalue weighted by Gasteiger charge is 2.21. The van der Waals surface area contributed by atoms with E-state index in [4.69, 9.17) is 0 Å². The molecule has 0 aliphatic rings. The molecule has 0 amide bonds. The Balaban J connectivity index is 2.78. The zero-order valence-corrected chi connectivity index (χ0v) is 11.2. The van der Waals surface area contributed by atoms with Crippen molar-refractivity contribution in [1.29, 1.82) is 0 Å². The SMILES string of the molecule is C=CC(C)(CO)Cc1ccn(C(CC)CC)n1. The van der Waals surface area contributed by atoms with E-state index in [9.17, 15) is 5.11 Å². The van der Waals surface area contributed by atoms with Gasteiger partial charge in [-0.2, -0.15) is 5.10 Å². The lowest BCUT2D eigenvalue weighted by molar-refractivity contribution is 0.183. The molecule has 0 aliphatic heterocycles. The van der Waals surface area contributed by atoms with Crippen molar-refractivity contribution in [3.05, 3.63) is 30.6 Å². The predicted octanol–water partition coefficient (Wildman–Crippen LogP) is 2.97. The molecule has 1 rings (SSSR count). The largest absolute Gasteiger partial charge is 0.395 e. The molecule has 0 radical (unpaired) electrons. The maximum absolute atomic E-state index is 9.35. The average molecular weight is 236 g/mol. The van der Waals surface area contributed by atoms with Crippen molar-refractivity contribution in [3.63, 3.8) is 0 Å². The van der Waals surface area contributed by atoms with Crippen LogP contribution >= 0.6 is 0 Å². The predicted molar refractivity (Wildman–Crippen MR) is 70.9 cm³/mol. The normalized spacial score (nSPS) is 14.9. The van der Waals surface area contributed by atoms with Crippen molar-refractivity contribution in [1.82, 2.24) is 9.78 Å². The highest BCUT2D eigenvalue weighted by atomic mass is 16.3. The van der Waals surface area contributed by atoms with E-state index in [1.54, 1.807) is 0 Å². The summed E-state index contributed by atoms with van der Waals surface area (Å²) in [5.41, 5.74) is 0.751. The quantitative estimate of drug-likeness (QED) is 0.739. The van der Waals surface area contributed by atoms with Gasteiger partial charge in [0.15, 0.2) is 0 Å². The van der Waals surface area contributed by atoms with E-state index in [1.807, 2.05) is 29.9 Å². The number of aliphatic hydroxyl groups excluding tert-OH is 1. The van der Waals surface area contributed by atoms with Gasteiger partial charge in [-0.1, -0.05) is 26.8 Å². The van der Waals surface area contributed by atoms with Gasteiger partial charge in [0.25, 0.3) is 0 Å². The Bertz CT molecular complexity index is 355. The van der Waals surface area contributed by atoms with Crippen molar-refractivity contribution in [2.45, 2.75) is 46.1 Å². The Kier molecular flexibility index (Phi) is 4.94. The van der Waals surface area contributed by atoms with Gasteiger partial charge in [-0.05, 0) is 18.9 Å². The lowest BCUT2D eigenvalue weighted by Gasteiger charge is -2.21. The van der Waals surface area contributed by atoms with E-state index in [0.29, 0.717) is 6.04 Å². The number of hydrogen-bond donors (Lipinski definition) is 1. The van der Waals surface area contributed by atoms with Gasteiger partial charge in [0.1, 0.15) is 0 Å². The molecule has 0 spiro atoms. The van der Waals surface area contributed by atoms with E-state index >= 15 is 0 Å². The van der Waals surface area contributed by atoms with Crippen molar-refractivity contribution >= 4 is 0 Å². The summed E-state index contributed by atoms with van der Waals surface area (Å²) < 4.78 is 2.04. The average Bonchev–Trinajstić information content (AvgIpc) is 2.79.